The normalized spacial score (nSPS) is 15.0. The second kappa shape index (κ2) is 8.39. The van der Waals surface area contributed by atoms with Gasteiger partial charge in [0.2, 0.25) is 5.91 Å². The fraction of sp³-hybridized carbons (Fsp3) is 0.389. The van der Waals surface area contributed by atoms with Crippen molar-refractivity contribution >= 4 is 29.0 Å². The molecule has 1 aliphatic heterocycles. The van der Waals surface area contributed by atoms with E-state index in [2.05, 4.69) is 30.8 Å². The monoisotopic (exact) mass is 401 g/mol. The third-order valence-electron chi connectivity index (χ3n) is 4.71. The summed E-state index contributed by atoms with van der Waals surface area (Å²) in [5.41, 5.74) is 0.609. The van der Waals surface area contributed by atoms with Crippen LogP contribution in [-0.2, 0) is 4.79 Å². The summed E-state index contributed by atoms with van der Waals surface area (Å²) in [6.45, 7) is 2.39. The van der Waals surface area contributed by atoms with Crippen LogP contribution in [0.15, 0.2) is 36.4 Å². The van der Waals surface area contributed by atoms with Crippen molar-refractivity contribution in [1.82, 2.24) is 30.6 Å². The predicted molar refractivity (Wildman–Crippen MR) is 103 cm³/mol. The number of halogens is 1. The van der Waals surface area contributed by atoms with Crippen molar-refractivity contribution < 1.29 is 9.53 Å². The van der Waals surface area contributed by atoms with Crippen molar-refractivity contribution in [3.05, 3.63) is 41.4 Å². The Morgan fingerprint density at radius 1 is 1.25 bits per heavy atom. The Morgan fingerprint density at radius 3 is 2.93 bits per heavy atom. The first-order chi connectivity index (χ1) is 13.7. The summed E-state index contributed by atoms with van der Waals surface area (Å²) in [6.07, 6.45) is 1.55. The first-order valence-electron chi connectivity index (χ1n) is 9.15. The number of carbonyl (C=O) groups is 1. The van der Waals surface area contributed by atoms with Gasteiger partial charge in [0.1, 0.15) is 12.4 Å². The lowest BCUT2D eigenvalue weighted by atomic mass is 9.96. The molecule has 0 unspecified atom stereocenters. The number of aromatic nitrogens is 5. The minimum atomic E-state index is -0.000752. The number of benzene rings is 1. The van der Waals surface area contributed by atoms with Crippen LogP contribution in [0.25, 0.3) is 5.65 Å². The zero-order valence-electron chi connectivity index (χ0n) is 15.2. The van der Waals surface area contributed by atoms with Crippen LogP contribution in [0.4, 0.5) is 5.82 Å². The third-order valence-corrected chi connectivity index (χ3v) is 4.95. The van der Waals surface area contributed by atoms with Gasteiger partial charge >= 0.3 is 0 Å². The number of nitrogens with one attached hydrogen (secondary N) is 1. The summed E-state index contributed by atoms with van der Waals surface area (Å²) < 4.78 is 7.00. The molecule has 146 valence electrons. The number of hydrogen-bond acceptors (Lipinski definition) is 7. The van der Waals surface area contributed by atoms with Crippen LogP contribution in [0.2, 0.25) is 5.02 Å². The summed E-state index contributed by atoms with van der Waals surface area (Å²) in [5, 5.41) is 19.2. The SMILES string of the molecule is O=C(NCCOc1cccc(Cl)c1)C1CCN(c2ccc3nnnn3n2)CC1. The summed E-state index contributed by atoms with van der Waals surface area (Å²) >= 11 is 5.92. The highest BCUT2D eigenvalue weighted by Crippen LogP contribution is 2.22. The van der Waals surface area contributed by atoms with Crippen LogP contribution in [0.3, 0.4) is 0 Å². The average Bonchev–Trinajstić information content (AvgIpc) is 3.19. The molecule has 3 aromatic rings. The third kappa shape index (κ3) is 4.30. The van der Waals surface area contributed by atoms with E-state index in [1.807, 2.05) is 24.3 Å². The van der Waals surface area contributed by atoms with Gasteiger partial charge in [-0.25, -0.2) is 0 Å². The molecule has 1 saturated heterocycles. The molecule has 9 nitrogen and oxygen atoms in total. The van der Waals surface area contributed by atoms with Crippen LogP contribution >= 0.6 is 11.6 Å². The number of hydrogen-bond donors (Lipinski definition) is 1. The van der Waals surface area contributed by atoms with Crippen LogP contribution in [0.1, 0.15) is 12.8 Å². The molecule has 1 aromatic carbocycles. The first kappa shape index (κ1) is 18.4. The standard InChI is InChI=1S/C18H20ClN7O2/c19-14-2-1-3-15(12-14)28-11-8-20-18(27)13-6-9-25(10-7-13)17-5-4-16-21-23-24-26(16)22-17/h1-5,12-13H,6-11H2,(H,20,27). The number of ether oxygens (including phenoxy) is 1. The van der Waals surface area contributed by atoms with Gasteiger partial charge in [-0.05, 0) is 53.6 Å². The molecule has 1 fully saturated rings. The maximum Gasteiger partial charge on any atom is 0.223 e. The number of amides is 1. The Morgan fingerprint density at radius 2 is 2.11 bits per heavy atom. The fourth-order valence-electron chi connectivity index (χ4n) is 3.22. The van der Waals surface area contributed by atoms with Crippen molar-refractivity contribution in [3.8, 4) is 5.75 Å². The Balaban J connectivity index is 1.21. The molecule has 0 spiro atoms. The number of piperidine rings is 1. The molecule has 0 radical (unpaired) electrons. The number of tetrazole rings is 1. The summed E-state index contributed by atoms with van der Waals surface area (Å²) in [6, 6.07) is 10.9. The van der Waals surface area contributed by atoms with E-state index in [-0.39, 0.29) is 11.8 Å². The highest BCUT2D eigenvalue weighted by molar-refractivity contribution is 6.30. The summed E-state index contributed by atoms with van der Waals surface area (Å²) in [4.78, 5) is 14.5. The molecule has 0 bridgehead atoms. The maximum absolute atomic E-state index is 12.4. The lowest BCUT2D eigenvalue weighted by Crippen LogP contribution is -2.41. The predicted octanol–water partition coefficient (Wildman–Crippen LogP) is 1.58. The van der Waals surface area contributed by atoms with Crippen LogP contribution in [0.5, 0.6) is 5.75 Å². The molecule has 28 heavy (non-hydrogen) atoms. The van der Waals surface area contributed by atoms with E-state index in [9.17, 15) is 4.79 Å². The topological polar surface area (TPSA) is 97.5 Å². The minimum absolute atomic E-state index is 0.000752. The minimum Gasteiger partial charge on any atom is -0.492 e. The van der Waals surface area contributed by atoms with Crippen molar-refractivity contribution in [2.24, 2.45) is 5.92 Å². The van der Waals surface area contributed by atoms with Gasteiger partial charge in [-0.15, -0.1) is 14.8 Å². The van der Waals surface area contributed by atoms with E-state index in [1.54, 1.807) is 12.1 Å². The molecular weight excluding hydrogens is 382 g/mol. The molecule has 1 amide bonds. The highest BCUT2D eigenvalue weighted by atomic mass is 35.5. The molecular formula is C18H20ClN7O2. The van der Waals surface area contributed by atoms with Crippen molar-refractivity contribution in [1.29, 1.82) is 0 Å². The van der Waals surface area contributed by atoms with Gasteiger partial charge < -0.3 is 15.0 Å². The Bertz CT molecular complexity index is 956. The second-order valence-electron chi connectivity index (χ2n) is 6.58. The Hall–Kier alpha value is -2.94. The molecule has 0 aliphatic carbocycles. The Kier molecular flexibility index (Phi) is 5.52. The second-order valence-corrected chi connectivity index (χ2v) is 7.01. The lowest BCUT2D eigenvalue weighted by molar-refractivity contribution is -0.125. The first-order valence-corrected chi connectivity index (χ1v) is 9.53. The molecule has 10 heteroatoms. The molecule has 3 heterocycles. The molecule has 4 rings (SSSR count). The molecule has 2 aromatic heterocycles. The summed E-state index contributed by atoms with van der Waals surface area (Å²) in [7, 11) is 0. The van der Waals surface area contributed by atoms with E-state index < -0.39 is 0 Å². The van der Waals surface area contributed by atoms with Gasteiger partial charge in [0.25, 0.3) is 0 Å². The highest BCUT2D eigenvalue weighted by Gasteiger charge is 2.25. The number of anilines is 1. The largest absolute Gasteiger partial charge is 0.492 e. The zero-order valence-corrected chi connectivity index (χ0v) is 15.9. The van der Waals surface area contributed by atoms with Crippen molar-refractivity contribution in [2.75, 3.05) is 31.1 Å². The number of fused-ring (bicyclic) bond motifs is 1. The van der Waals surface area contributed by atoms with E-state index in [0.29, 0.717) is 29.6 Å². The van der Waals surface area contributed by atoms with E-state index in [4.69, 9.17) is 16.3 Å². The quantitative estimate of drug-likeness (QED) is 0.626. The lowest BCUT2D eigenvalue weighted by Gasteiger charge is -2.31. The smallest absolute Gasteiger partial charge is 0.223 e. The van der Waals surface area contributed by atoms with Gasteiger partial charge in [0.15, 0.2) is 11.5 Å². The number of nitrogens with zero attached hydrogens (tertiary/aromatic N) is 6. The summed E-state index contributed by atoms with van der Waals surface area (Å²) in [5.74, 6) is 1.58. The van der Waals surface area contributed by atoms with Gasteiger partial charge in [-0.1, -0.05) is 17.7 Å². The van der Waals surface area contributed by atoms with Crippen molar-refractivity contribution in [3.63, 3.8) is 0 Å². The van der Waals surface area contributed by atoms with Crippen LogP contribution < -0.4 is 15.0 Å². The molecule has 0 atom stereocenters. The van der Waals surface area contributed by atoms with E-state index in [1.165, 1.54) is 4.63 Å². The average molecular weight is 402 g/mol. The Labute approximate surface area is 166 Å². The molecule has 1 N–H and O–H groups in total. The molecule has 0 saturated carbocycles. The van der Waals surface area contributed by atoms with E-state index >= 15 is 0 Å². The maximum atomic E-state index is 12.4. The fourth-order valence-corrected chi connectivity index (χ4v) is 3.40. The van der Waals surface area contributed by atoms with Gasteiger partial charge in [0.05, 0.1) is 6.54 Å². The van der Waals surface area contributed by atoms with Crippen molar-refractivity contribution in [2.45, 2.75) is 12.8 Å². The van der Waals surface area contributed by atoms with Gasteiger partial charge in [-0.3, -0.25) is 4.79 Å². The van der Waals surface area contributed by atoms with Crippen LogP contribution in [-0.4, -0.2) is 57.4 Å². The van der Waals surface area contributed by atoms with Gasteiger partial charge in [-0.2, -0.15) is 0 Å². The number of rotatable bonds is 6. The molecule has 1 aliphatic rings. The zero-order chi connectivity index (χ0) is 19.3. The number of carbonyl (C=O) groups excluding carboxylic acids is 1. The van der Waals surface area contributed by atoms with Gasteiger partial charge in [0, 0.05) is 24.0 Å². The van der Waals surface area contributed by atoms with E-state index in [0.717, 1.165) is 31.7 Å². The van der Waals surface area contributed by atoms with Crippen LogP contribution in [0, 0.1) is 5.92 Å².